The Hall–Kier alpha value is -2.76. The Morgan fingerprint density at radius 1 is 1.04 bits per heavy atom. The van der Waals surface area contributed by atoms with Crippen LogP contribution in [0, 0.1) is 0 Å². The van der Waals surface area contributed by atoms with E-state index in [0.29, 0.717) is 5.95 Å². The minimum atomic E-state index is 0.489. The standard InChI is InChI=1S/C18H22N6/c1-3-11-24(12-4-2)16-13-20-23-18(22-16)21-15-9-5-7-14-8-6-10-19-17(14)15/h5-10,13H,3-4,11-12H2,1-2H3,(H,21,22,23). The third-order valence-electron chi connectivity index (χ3n) is 3.74. The highest BCUT2D eigenvalue weighted by molar-refractivity contribution is 5.91. The van der Waals surface area contributed by atoms with Gasteiger partial charge in [0.2, 0.25) is 5.95 Å². The van der Waals surface area contributed by atoms with Crippen LogP contribution in [0.3, 0.4) is 0 Å². The van der Waals surface area contributed by atoms with E-state index in [4.69, 9.17) is 0 Å². The normalized spacial score (nSPS) is 10.8. The molecule has 124 valence electrons. The number of hydrogen-bond donors (Lipinski definition) is 1. The van der Waals surface area contributed by atoms with E-state index in [0.717, 1.165) is 48.3 Å². The van der Waals surface area contributed by atoms with Gasteiger partial charge < -0.3 is 10.2 Å². The van der Waals surface area contributed by atoms with Crippen LogP contribution in [0.5, 0.6) is 0 Å². The maximum Gasteiger partial charge on any atom is 0.249 e. The van der Waals surface area contributed by atoms with Gasteiger partial charge in [-0.3, -0.25) is 4.98 Å². The molecule has 0 saturated heterocycles. The first kappa shape index (κ1) is 16.1. The van der Waals surface area contributed by atoms with Gasteiger partial charge in [0.1, 0.15) is 0 Å². The van der Waals surface area contributed by atoms with Crippen molar-refractivity contribution in [2.45, 2.75) is 26.7 Å². The number of hydrogen-bond acceptors (Lipinski definition) is 6. The van der Waals surface area contributed by atoms with Crippen molar-refractivity contribution in [1.82, 2.24) is 20.2 Å². The lowest BCUT2D eigenvalue weighted by molar-refractivity contribution is 0.728. The fraction of sp³-hybridized carbons (Fsp3) is 0.333. The molecular formula is C18H22N6. The highest BCUT2D eigenvalue weighted by Crippen LogP contribution is 2.23. The molecule has 2 aromatic heterocycles. The zero-order valence-electron chi connectivity index (χ0n) is 14.1. The second kappa shape index (κ2) is 7.68. The lowest BCUT2D eigenvalue weighted by atomic mass is 10.2. The van der Waals surface area contributed by atoms with Crippen LogP contribution in [0.25, 0.3) is 10.9 Å². The largest absolute Gasteiger partial charge is 0.355 e. The summed E-state index contributed by atoms with van der Waals surface area (Å²) in [6.45, 7) is 6.25. The molecule has 2 heterocycles. The highest BCUT2D eigenvalue weighted by Gasteiger charge is 2.10. The summed E-state index contributed by atoms with van der Waals surface area (Å²) in [5, 5.41) is 12.6. The van der Waals surface area contributed by atoms with Crippen molar-refractivity contribution >= 4 is 28.4 Å². The number of nitrogens with zero attached hydrogens (tertiary/aromatic N) is 5. The molecule has 0 spiro atoms. The van der Waals surface area contributed by atoms with Crippen LogP contribution in [0.15, 0.2) is 42.7 Å². The summed E-state index contributed by atoms with van der Waals surface area (Å²) in [6.07, 6.45) is 5.64. The maximum atomic E-state index is 4.63. The summed E-state index contributed by atoms with van der Waals surface area (Å²) < 4.78 is 0. The molecule has 0 radical (unpaired) electrons. The van der Waals surface area contributed by atoms with Crippen LogP contribution in [0.2, 0.25) is 0 Å². The first-order chi connectivity index (χ1) is 11.8. The average molecular weight is 322 g/mol. The third-order valence-corrected chi connectivity index (χ3v) is 3.74. The van der Waals surface area contributed by atoms with E-state index in [2.05, 4.69) is 44.2 Å². The fourth-order valence-corrected chi connectivity index (χ4v) is 2.71. The monoisotopic (exact) mass is 322 g/mol. The SMILES string of the molecule is CCCN(CCC)c1cnnc(Nc2cccc3cccnc23)n1. The Kier molecular flexibility index (Phi) is 5.15. The smallest absolute Gasteiger partial charge is 0.249 e. The molecule has 6 nitrogen and oxygen atoms in total. The van der Waals surface area contributed by atoms with Gasteiger partial charge in [-0.05, 0) is 25.0 Å². The Labute approximate surface area is 142 Å². The molecule has 0 aliphatic heterocycles. The molecule has 3 rings (SSSR count). The number of pyridine rings is 1. The van der Waals surface area contributed by atoms with Crippen molar-refractivity contribution in [3.8, 4) is 0 Å². The molecule has 0 atom stereocenters. The lowest BCUT2D eigenvalue weighted by Gasteiger charge is -2.22. The second-order valence-corrected chi connectivity index (χ2v) is 5.63. The van der Waals surface area contributed by atoms with Crippen LogP contribution < -0.4 is 10.2 Å². The molecule has 3 aromatic rings. The van der Waals surface area contributed by atoms with Gasteiger partial charge in [-0.15, -0.1) is 5.10 Å². The van der Waals surface area contributed by atoms with Gasteiger partial charge in [-0.25, -0.2) is 0 Å². The van der Waals surface area contributed by atoms with Crippen LogP contribution in [0.1, 0.15) is 26.7 Å². The van der Waals surface area contributed by atoms with E-state index < -0.39 is 0 Å². The van der Waals surface area contributed by atoms with Gasteiger partial charge in [0, 0.05) is 24.7 Å². The summed E-state index contributed by atoms with van der Waals surface area (Å²) in [4.78, 5) is 11.3. The predicted octanol–water partition coefficient (Wildman–Crippen LogP) is 3.79. The minimum absolute atomic E-state index is 0.489. The summed E-state index contributed by atoms with van der Waals surface area (Å²) in [5.74, 6) is 1.34. The Bertz CT molecular complexity index is 793. The van der Waals surface area contributed by atoms with Gasteiger partial charge in [0.25, 0.3) is 0 Å². The molecule has 6 heteroatoms. The van der Waals surface area contributed by atoms with Crippen molar-refractivity contribution in [2.75, 3.05) is 23.3 Å². The number of nitrogens with one attached hydrogen (secondary N) is 1. The van der Waals surface area contributed by atoms with E-state index in [-0.39, 0.29) is 0 Å². The van der Waals surface area contributed by atoms with Gasteiger partial charge >= 0.3 is 0 Å². The lowest BCUT2D eigenvalue weighted by Crippen LogP contribution is -2.26. The molecule has 0 saturated carbocycles. The summed E-state index contributed by atoms with van der Waals surface area (Å²) >= 11 is 0. The van der Waals surface area contributed by atoms with Gasteiger partial charge in [0.15, 0.2) is 5.82 Å². The number of anilines is 3. The van der Waals surface area contributed by atoms with Crippen molar-refractivity contribution in [1.29, 1.82) is 0 Å². The Balaban J connectivity index is 1.88. The van der Waals surface area contributed by atoms with Gasteiger partial charge in [0.05, 0.1) is 17.4 Å². The highest BCUT2D eigenvalue weighted by atomic mass is 15.3. The number of rotatable bonds is 7. The molecule has 0 aliphatic carbocycles. The van der Waals surface area contributed by atoms with E-state index in [1.165, 1.54) is 0 Å². The first-order valence-electron chi connectivity index (χ1n) is 8.37. The molecule has 0 bridgehead atoms. The van der Waals surface area contributed by atoms with Crippen molar-refractivity contribution in [3.63, 3.8) is 0 Å². The first-order valence-corrected chi connectivity index (χ1v) is 8.37. The van der Waals surface area contributed by atoms with E-state index in [1.54, 1.807) is 12.4 Å². The topological polar surface area (TPSA) is 66.8 Å². The van der Waals surface area contributed by atoms with E-state index >= 15 is 0 Å². The Morgan fingerprint density at radius 3 is 2.62 bits per heavy atom. The zero-order chi connectivity index (χ0) is 16.8. The molecule has 0 aliphatic rings. The van der Waals surface area contributed by atoms with Crippen LogP contribution in [-0.4, -0.2) is 33.3 Å². The van der Waals surface area contributed by atoms with Crippen LogP contribution in [0.4, 0.5) is 17.5 Å². The molecule has 24 heavy (non-hydrogen) atoms. The Morgan fingerprint density at radius 2 is 1.83 bits per heavy atom. The molecular weight excluding hydrogens is 300 g/mol. The fourth-order valence-electron chi connectivity index (χ4n) is 2.71. The molecule has 1 aromatic carbocycles. The molecule has 0 amide bonds. The molecule has 1 N–H and O–H groups in total. The second-order valence-electron chi connectivity index (χ2n) is 5.63. The quantitative estimate of drug-likeness (QED) is 0.714. The summed E-state index contributed by atoms with van der Waals surface area (Å²) in [5.41, 5.74) is 1.78. The number of aromatic nitrogens is 4. The average Bonchev–Trinajstić information content (AvgIpc) is 2.62. The molecule has 0 fully saturated rings. The van der Waals surface area contributed by atoms with Gasteiger partial charge in [-0.2, -0.15) is 10.1 Å². The predicted molar refractivity (Wildman–Crippen MR) is 97.6 cm³/mol. The maximum absolute atomic E-state index is 4.63. The summed E-state index contributed by atoms with van der Waals surface area (Å²) in [7, 11) is 0. The van der Waals surface area contributed by atoms with E-state index in [1.807, 2.05) is 30.3 Å². The van der Waals surface area contributed by atoms with Gasteiger partial charge in [-0.1, -0.05) is 32.0 Å². The zero-order valence-corrected chi connectivity index (χ0v) is 14.1. The van der Waals surface area contributed by atoms with Crippen LogP contribution in [-0.2, 0) is 0 Å². The number of benzene rings is 1. The minimum Gasteiger partial charge on any atom is -0.355 e. The van der Waals surface area contributed by atoms with Crippen LogP contribution >= 0.6 is 0 Å². The number of para-hydroxylation sites is 1. The molecule has 0 unspecified atom stereocenters. The van der Waals surface area contributed by atoms with Crippen molar-refractivity contribution < 1.29 is 0 Å². The van der Waals surface area contributed by atoms with E-state index in [9.17, 15) is 0 Å². The van der Waals surface area contributed by atoms with Crippen molar-refractivity contribution in [3.05, 3.63) is 42.7 Å². The summed E-state index contributed by atoms with van der Waals surface area (Å²) in [6, 6.07) is 9.96. The van der Waals surface area contributed by atoms with Crippen molar-refractivity contribution in [2.24, 2.45) is 0 Å². The third kappa shape index (κ3) is 3.59. The number of fused-ring (bicyclic) bond motifs is 1.